The zero-order chi connectivity index (χ0) is 13.8. The molecule has 0 radical (unpaired) electrons. The van der Waals surface area contributed by atoms with Crippen molar-refractivity contribution in [2.75, 3.05) is 24.7 Å². The molecule has 0 aromatic heterocycles. The second-order valence-corrected chi connectivity index (χ2v) is 6.56. The van der Waals surface area contributed by atoms with Crippen LogP contribution in [0.5, 0.6) is 0 Å². The first-order valence-electron chi connectivity index (χ1n) is 5.68. The van der Waals surface area contributed by atoms with Crippen LogP contribution in [0.2, 0.25) is 0 Å². The Morgan fingerprint density at radius 2 is 2.06 bits per heavy atom. The standard InChI is InChI=1S/C12H18FNO3S/c1-9(2)8-17-5-6-18(15,16)12-4-3-10(14)7-11(12)13/h3-4,7,9H,5-6,8,14H2,1-2H3. The Morgan fingerprint density at radius 1 is 1.39 bits per heavy atom. The maximum Gasteiger partial charge on any atom is 0.183 e. The Hall–Kier alpha value is -1.14. The Balaban J connectivity index is 2.69. The smallest absolute Gasteiger partial charge is 0.183 e. The van der Waals surface area contributed by atoms with Gasteiger partial charge in [0.25, 0.3) is 0 Å². The number of rotatable bonds is 6. The van der Waals surface area contributed by atoms with Crippen LogP contribution in [-0.4, -0.2) is 27.4 Å². The van der Waals surface area contributed by atoms with Crippen LogP contribution >= 0.6 is 0 Å². The first kappa shape index (κ1) is 14.9. The van der Waals surface area contributed by atoms with E-state index in [0.29, 0.717) is 12.5 Å². The van der Waals surface area contributed by atoms with Gasteiger partial charge in [0.15, 0.2) is 9.84 Å². The molecule has 6 heteroatoms. The number of hydrogen-bond acceptors (Lipinski definition) is 4. The van der Waals surface area contributed by atoms with Crippen LogP contribution in [0.15, 0.2) is 23.1 Å². The summed E-state index contributed by atoms with van der Waals surface area (Å²) in [5, 5.41) is 0. The van der Waals surface area contributed by atoms with Crippen molar-refractivity contribution in [3.8, 4) is 0 Å². The third kappa shape index (κ3) is 4.27. The van der Waals surface area contributed by atoms with E-state index in [1.165, 1.54) is 12.1 Å². The molecular weight excluding hydrogens is 257 g/mol. The summed E-state index contributed by atoms with van der Waals surface area (Å²) in [7, 11) is -3.66. The van der Waals surface area contributed by atoms with Crippen LogP contribution in [0.3, 0.4) is 0 Å². The maximum absolute atomic E-state index is 13.5. The summed E-state index contributed by atoms with van der Waals surface area (Å²) in [4.78, 5) is -0.329. The van der Waals surface area contributed by atoms with Gasteiger partial charge in [0, 0.05) is 12.3 Å². The zero-order valence-electron chi connectivity index (χ0n) is 10.5. The molecule has 0 bridgehead atoms. The summed E-state index contributed by atoms with van der Waals surface area (Å²) in [6.45, 7) is 4.48. The van der Waals surface area contributed by atoms with Crippen molar-refractivity contribution >= 4 is 15.5 Å². The largest absolute Gasteiger partial charge is 0.399 e. The van der Waals surface area contributed by atoms with Crippen molar-refractivity contribution in [2.24, 2.45) is 5.92 Å². The SMILES string of the molecule is CC(C)COCCS(=O)(=O)c1ccc(N)cc1F. The zero-order valence-corrected chi connectivity index (χ0v) is 11.3. The average molecular weight is 275 g/mol. The lowest BCUT2D eigenvalue weighted by atomic mass is 10.2. The fraction of sp³-hybridized carbons (Fsp3) is 0.500. The summed E-state index contributed by atoms with van der Waals surface area (Å²) in [6.07, 6.45) is 0. The number of hydrogen-bond donors (Lipinski definition) is 1. The van der Waals surface area contributed by atoms with Crippen molar-refractivity contribution in [1.82, 2.24) is 0 Å². The van der Waals surface area contributed by atoms with Crippen LogP contribution in [-0.2, 0) is 14.6 Å². The van der Waals surface area contributed by atoms with Gasteiger partial charge in [0.1, 0.15) is 10.7 Å². The average Bonchev–Trinajstić information content (AvgIpc) is 2.23. The minimum Gasteiger partial charge on any atom is -0.399 e. The van der Waals surface area contributed by atoms with Crippen LogP contribution in [0.25, 0.3) is 0 Å². The summed E-state index contributed by atoms with van der Waals surface area (Å²) < 4.78 is 42.4. The molecule has 0 amide bonds. The minimum atomic E-state index is -3.66. The Labute approximate surface area is 107 Å². The molecule has 0 saturated heterocycles. The fourth-order valence-corrected chi connectivity index (χ4v) is 2.56. The number of anilines is 1. The lowest BCUT2D eigenvalue weighted by Gasteiger charge is -2.08. The van der Waals surface area contributed by atoms with Crippen molar-refractivity contribution in [1.29, 1.82) is 0 Å². The first-order valence-corrected chi connectivity index (χ1v) is 7.33. The molecule has 0 saturated carbocycles. The summed E-state index contributed by atoms with van der Waals surface area (Å²) in [5.74, 6) is -0.722. The van der Waals surface area contributed by atoms with Crippen molar-refractivity contribution in [2.45, 2.75) is 18.7 Å². The molecule has 4 nitrogen and oxygen atoms in total. The molecule has 0 aliphatic carbocycles. The predicted molar refractivity (Wildman–Crippen MR) is 68.5 cm³/mol. The third-order valence-electron chi connectivity index (χ3n) is 2.24. The highest BCUT2D eigenvalue weighted by Gasteiger charge is 2.19. The highest BCUT2D eigenvalue weighted by Crippen LogP contribution is 2.18. The molecule has 102 valence electrons. The normalized spacial score (nSPS) is 12.0. The van der Waals surface area contributed by atoms with Gasteiger partial charge in [-0.15, -0.1) is 0 Å². The molecule has 0 fully saturated rings. The summed E-state index contributed by atoms with van der Waals surface area (Å²) in [6, 6.07) is 3.55. The molecule has 0 spiro atoms. The van der Waals surface area contributed by atoms with Crippen LogP contribution in [0.1, 0.15) is 13.8 Å². The predicted octanol–water partition coefficient (Wildman–Crippen LogP) is 1.85. The molecule has 0 heterocycles. The number of ether oxygens (including phenoxy) is 1. The van der Waals surface area contributed by atoms with Crippen LogP contribution < -0.4 is 5.73 Å². The first-order chi connectivity index (χ1) is 8.33. The minimum absolute atomic E-state index is 0.0599. The number of nitrogen functional groups attached to an aromatic ring is 1. The molecule has 1 aromatic rings. The molecular formula is C12H18FNO3S. The van der Waals surface area contributed by atoms with Crippen LogP contribution in [0, 0.1) is 11.7 Å². The summed E-state index contributed by atoms with van der Waals surface area (Å²) >= 11 is 0. The molecule has 0 aliphatic rings. The number of sulfone groups is 1. The monoisotopic (exact) mass is 275 g/mol. The van der Waals surface area contributed by atoms with Gasteiger partial charge >= 0.3 is 0 Å². The highest BCUT2D eigenvalue weighted by atomic mass is 32.2. The van der Waals surface area contributed by atoms with E-state index in [9.17, 15) is 12.8 Å². The topological polar surface area (TPSA) is 69.4 Å². The van der Waals surface area contributed by atoms with E-state index in [0.717, 1.165) is 6.07 Å². The van der Waals surface area contributed by atoms with Gasteiger partial charge in [-0.2, -0.15) is 0 Å². The van der Waals surface area contributed by atoms with E-state index in [4.69, 9.17) is 10.5 Å². The molecule has 18 heavy (non-hydrogen) atoms. The third-order valence-corrected chi connectivity index (χ3v) is 3.94. The number of benzene rings is 1. The second kappa shape index (κ2) is 6.15. The second-order valence-electron chi connectivity index (χ2n) is 4.48. The van der Waals surface area contributed by atoms with Gasteiger partial charge in [-0.1, -0.05) is 13.8 Å². The lowest BCUT2D eigenvalue weighted by molar-refractivity contribution is 0.123. The molecule has 1 rings (SSSR count). The molecule has 0 unspecified atom stereocenters. The molecule has 0 atom stereocenters. The van der Waals surface area contributed by atoms with Gasteiger partial charge in [0.2, 0.25) is 0 Å². The van der Waals surface area contributed by atoms with E-state index < -0.39 is 15.7 Å². The highest BCUT2D eigenvalue weighted by molar-refractivity contribution is 7.91. The van der Waals surface area contributed by atoms with Crippen molar-refractivity contribution in [3.63, 3.8) is 0 Å². The Kier molecular flexibility index (Phi) is 5.10. The van der Waals surface area contributed by atoms with Gasteiger partial charge in [-0.25, -0.2) is 12.8 Å². The van der Waals surface area contributed by atoms with E-state index in [-0.39, 0.29) is 22.9 Å². The van der Waals surface area contributed by atoms with Gasteiger partial charge in [0.05, 0.1) is 12.4 Å². The number of halogens is 1. The summed E-state index contributed by atoms with van der Waals surface area (Å²) in [5.41, 5.74) is 5.56. The van der Waals surface area contributed by atoms with Crippen LogP contribution in [0.4, 0.5) is 10.1 Å². The Bertz CT molecular complexity index is 500. The quantitative estimate of drug-likeness (QED) is 0.635. The van der Waals surface area contributed by atoms with E-state index in [2.05, 4.69) is 0 Å². The van der Waals surface area contributed by atoms with E-state index in [1.54, 1.807) is 0 Å². The fourth-order valence-electron chi connectivity index (χ4n) is 1.37. The van der Waals surface area contributed by atoms with Crippen molar-refractivity contribution in [3.05, 3.63) is 24.0 Å². The van der Waals surface area contributed by atoms with Crippen molar-refractivity contribution < 1.29 is 17.5 Å². The molecule has 1 aromatic carbocycles. The van der Waals surface area contributed by atoms with Gasteiger partial charge in [-0.3, -0.25) is 0 Å². The molecule has 0 aliphatic heterocycles. The van der Waals surface area contributed by atoms with E-state index in [1.807, 2.05) is 13.8 Å². The van der Waals surface area contributed by atoms with Gasteiger partial charge in [-0.05, 0) is 24.1 Å². The van der Waals surface area contributed by atoms with E-state index >= 15 is 0 Å². The maximum atomic E-state index is 13.5. The van der Waals surface area contributed by atoms with Gasteiger partial charge < -0.3 is 10.5 Å². The number of nitrogens with two attached hydrogens (primary N) is 1. The Morgan fingerprint density at radius 3 is 2.61 bits per heavy atom. The lowest BCUT2D eigenvalue weighted by Crippen LogP contribution is -2.15. The molecule has 2 N–H and O–H groups in total.